The monoisotopic (exact) mass is 687 g/mol. The lowest BCUT2D eigenvalue weighted by Gasteiger charge is -2.18. The second kappa shape index (κ2) is 13.4. The molecule has 0 saturated carbocycles. The zero-order valence-corrected chi connectivity index (χ0v) is 29.4. The Balaban J connectivity index is 1.12. The number of aromatic nitrogens is 3. The van der Waals surface area contributed by atoms with Gasteiger partial charge < -0.3 is 0 Å². The van der Waals surface area contributed by atoms with E-state index in [-0.39, 0.29) is 0 Å². The van der Waals surface area contributed by atoms with Crippen LogP contribution in [0.1, 0.15) is 0 Å². The van der Waals surface area contributed by atoms with Gasteiger partial charge in [-0.2, -0.15) is 0 Å². The van der Waals surface area contributed by atoms with Crippen molar-refractivity contribution in [2.24, 2.45) is 0 Å². The van der Waals surface area contributed by atoms with E-state index < -0.39 is 0 Å². The SMILES string of the molecule is c1ccc(-c2nc(-c3ccccc3)nc(-c3cccc(-c4c5ccccc5c(-c5ccc(-c6ccc7ccccc7c6)cc5)c5ccccc45)c3)n2)cc1. The van der Waals surface area contributed by atoms with Gasteiger partial charge in [0.05, 0.1) is 0 Å². The predicted molar refractivity (Wildman–Crippen MR) is 225 cm³/mol. The molecule has 0 unspecified atom stereocenters. The highest BCUT2D eigenvalue weighted by atomic mass is 15.0. The maximum absolute atomic E-state index is 5.03. The summed E-state index contributed by atoms with van der Waals surface area (Å²) in [4.78, 5) is 15.0. The first kappa shape index (κ1) is 31.5. The average molecular weight is 688 g/mol. The lowest BCUT2D eigenvalue weighted by atomic mass is 9.85. The molecule has 0 saturated heterocycles. The summed E-state index contributed by atoms with van der Waals surface area (Å²) >= 11 is 0. The van der Waals surface area contributed by atoms with Crippen LogP contribution in [0.15, 0.2) is 200 Å². The van der Waals surface area contributed by atoms with E-state index in [4.69, 9.17) is 15.0 Å². The van der Waals surface area contributed by atoms with E-state index in [1.807, 2.05) is 60.7 Å². The van der Waals surface area contributed by atoms with Gasteiger partial charge in [-0.1, -0.05) is 188 Å². The van der Waals surface area contributed by atoms with Gasteiger partial charge in [-0.15, -0.1) is 0 Å². The van der Waals surface area contributed by atoms with E-state index >= 15 is 0 Å². The van der Waals surface area contributed by atoms with Gasteiger partial charge >= 0.3 is 0 Å². The van der Waals surface area contributed by atoms with Gasteiger partial charge in [0.1, 0.15) is 0 Å². The van der Waals surface area contributed by atoms with Crippen LogP contribution < -0.4 is 0 Å². The van der Waals surface area contributed by atoms with E-state index in [1.165, 1.54) is 60.1 Å². The number of nitrogens with zero attached hydrogens (tertiary/aromatic N) is 3. The number of fused-ring (bicyclic) bond motifs is 3. The fraction of sp³-hybridized carbons (Fsp3) is 0. The summed E-state index contributed by atoms with van der Waals surface area (Å²) < 4.78 is 0. The van der Waals surface area contributed by atoms with E-state index in [2.05, 4.69) is 140 Å². The Bertz CT molecular complexity index is 2860. The van der Waals surface area contributed by atoms with Crippen molar-refractivity contribution in [2.45, 2.75) is 0 Å². The molecule has 10 aromatic rings. The Morgan fingerprint density at radius 1 is 0.222 bits per heavy atom. The van der Waals surface area contributed by atoms with Crippen molar-refractivity contribution in [1.29, 1.82) is 0 Å². The fourth-order valence-corrected chi connectivity index (χ4v) is 7.70. The Morgan fingerprint density at radius 3 is 1.20 bits per heavy atom. The van der Waals surface area contributed by atoms with E-state index in [9.17, 15) is 0 Å². The first-order chi connectivity index (χ1) is 26.8. The lowest BCUT2D eigenvalue weighted by molar-refractivity contribution is 1.07. The van der Waals surface area contributed by atoms with Crippen LogP contribution in [0.3, 0.4) is 0 Å². The largest absolute Gasteiger partial charge is 0.208 e. The highest BCUT2D eigenvalue weighted by Crippen LogP contribution is 2.44. The van der Waals surface area contributed by atoms with Crippen LogP contribution in [0.4, 0.5) is 0 Å². The number of hydrogen-bond donors (Lipinski definition) is 0. The van der Waals surface area contributed by atoms with Crippen molar-refractivity contribution >= 4 is 32.3 Å². The number of rotatable bonds is 6. The zero-order chi connectivity index (χ0) is 35.8. The van der Waals surface area contributed by atoms with Crippen molar-refractivity contribution in [3.05, 3.63) is 200 Å². The second-order valence-corrected chi connectivity index (χ2v) is 13.6. The van der Waals surface area contributed by atoms with Crippen molar-refractivity contribution in [1.82, 2.24) is 15.0 Å². The maximum Gasteiger partial charge on any atom is 0.164 e. The van der Waals surface area contributed by atoms with Crippen LogP contribution >= 0.6 is 0 Å². The van der Waals surface area contributed by atoms with Crippen LogP contribution in [0.5, 0.6) is 0 Å². The summed E-state index contributed by atoms with van der Waals surface area (Å²) in [5.74, 6) is 1.94. The molecular formula is C51H33N3. The van der Waals surface area contributed by atoms with E-state index in [1.54, 1.807) is 0 Å². The molecule has 54 heavy (non-hydrogen) atoms. The topological polar surface area (TPSA) is 38.7 Å². The maximum atomic E-state index is 5.03. The van der Waals surface area contributed by atoms with Crippen LogP contribution in [-0.2, 0) is 0 Å². The zero-order valence-electron chi connectivity index (χ0n) is 29.4. The van der Waals surface area contributed by atoms with Gasteiger partial charge in [0, 0.05) is 16.7 Å². The molecule has 3 nitrogen and oxygen atoms in total. The minimum atomic E-state index is 0.640. The summed E-state index contributed by atoms with van der Waals surface area (Å²) in [6.07, 6.45) is 0. The number of benzene rings is 9. The van der Waals surface area contributed by atoms with Gasteiger partial charge in [-0.25, -0.2) is 15.0 Å². The normalized spacial score (nSPS) is 11.3. The molecule has 252 valence electrons. The van der Waals surface area contributed by atoms with Gasteiger partial charge in [-0.05, 0) is 77.8 Å². The Hall–Kier alpha value is -7.23. The highest BCUT2D eigenvalue weighted by Gasteiger charge is 2.18. The number of hydrogen-bond acceptors (Lipinski definition) is 3. The summed E-state index contributed by atoms with van der Waals surface area (Å²) in [6, 6.07) is 70.7. The summed E-state index contributed by atoms with van der Waals surface area (Å²) in [7, 11) is 0. The Kier molecular flexibility index (Phi) is 7.81. The molecule has 0 bridgehead atoms. The van der Waals surface area contributed by atoms with Crippen molar-refractivity contribution in [3.63, 3.8) is 0 Å². The van der Waals surface area contributed by atoms with Gasteiger partial charge in [-0.3, -0.25) is 0 Å². The van der Waals surface area contributed by atoms with E-state index in [0.29, 0.717) is 17.5 Å². The van der Waals surface area contributed by atoms with Gasteiger partial charge in [0.15, 0.2) is 17.5 Å². The summed E-state index contributed by atoms with van der Waals surface area (Å²) in [5, 5.41) is 7.34. The minimum absolute atomic E-state index is 0.640. The van der Waals surface area contributed by atoms with E-state index in [0.717, 1.165) is 22.3 Å². The molecule has 1 heterocycles. The smallest absolute Gasteiger partial charge is 0.164 e. The average Bonchev–Trinajstić information content (AvgIpc) is 3.26. The highest BCUT2D eigenvalue weighted by molar-refractivity contribution is 6.21. The predicted octanol–water partition coefficient (Wildman–Crippen LogP) is 13.3. The molecule has 1 aromatic heterocycles. The molecule has 0 fully saturated rings. The minimum Gasteiger partial charge on any atom is -0.208 e. The third-order valence-corrected chi connectivity index (χ3v) is 10.3. The van der Waals surface area contributed by atoms with Crippen LogP contribution in [0.25, 0.3) is 99.9 Å². The summed E-state index contributed by atoms with van der Waals surface area (Å²) in [6.45, 7) is 0. The molecule has 9 aromatic carbocycles. The molecular weight excluding hydrogens is 655 g/mol. The molecule has 3 heteroatoms. The van der Waals surface area contributed by atoms with Crippen molar-refractivity contribution < 1.29 is 0 Å². The summed E-state index contributed by atoms with van der Waals surface area (Å²) in [5.41, 5.74) is 10.0. The third-order valence-electron chi connectivity index (χ3n) is 10.3. The molecule has 0 radical (unpaired) electrons. The molecule has 0 aliphatic carbocycles. The van der Waals surface area contributed by atoms with Crippen molar-refractivity contribution in [3.8, 4) is 67.5 Å². The van der Waals surface area contributed by atoms with Gasteiger partial charge in [0.25, 0.3) is 0 Å². The fourth-order valence-electron chi connectivity index (χ4n) is 7.70. The van der Waals surface area contributed by atoms with Crippen LogP contribution in [0, 0.1) is 0 Å². The third kappa shape index (κ3) is 5.69. The molecule has 0 aliphatic rings. The standard InChI is InChI=1S/C51H33N3/c1-3-15-37(16-4-1)49-52-50(38-17-5-2-6-18-38)54-51(53-49)42-21-13-20-41(33-42)48-45-24-11-9-22-43(45)47(44-23-10-12-25-46(44)48)36-29-26-35(27-30-36)40-31-28-34-14-7-8-19-39(34)32-40/h1-33H. The van der Waals surface area contributed by atoms with Crippen LogP contribution in [-0.4, -0.2) is 15.0 Å². The Labute approximate surface area is 313 Å². The molecule has 0 amide bonds. The van der Waals surface area contributed by atoms with Gasteiger partial charge in [0.2, 0.25) is 0 Å². The first-order valence-corrected chi connectivity index (χ1v) is 18.3. The molecule has 0 atom stereocenters. The molecule has 0 N–H and O–H groups in total. The molecule has 10 rings (SSSR count). The quantitative estimate of drug-likeness (QED) is 0.163. The Morgan fingerprint density at radius 2 is 0.630 bits per heavy atom. The molecule has 0 aliphatic heterocycles. The lowest BCUT2D eigenvalue weighted by Crippen LogP contribution is -2.00. The second-order valence-electron chi connectivity index (χ2n) is 13.6. The van der Waals surface area contributed by atoms with Crippen molar-refractivity contribution in [2.75, 3.05) is 0 Å². The first-order valence-electron chi connectivity index (χ1n) is 18.3. The molecule has 0 spiro atoms. The van der Waals surface area contributed by atoms with Crippen LogP contribution in [0.2, 0.25) is 0 Å².